The summed E-state index contributed by atoms with van der Waals surface area (Å²) in [6.07, 6.45) is 1.09. The summed E-state index contributed by atoms with van der Waals surface area (Å²) in [5.74, 6) is -0.0999. The van der Waals surface area contributed by atoms with Crippen LogP contribution in [0.25, 0.3) is 10.9 Å². The number of hydrogen-bond donors (Lipinski definition) is 1. The summed E-state index contributed by atoms with van der Waals surface area (Å²) in [6.45, 7) is 3.36. The highest BCUT2D eigenvalue weighted by Gasteiger charge is 2.12. The number of ether oxygens (including phenoxy) is 1. The standard InChI is InChI=1S/C20H18BrN3O4/c1-3-18-23-17-8-7-14(21)10-16(17)19(25)24(18)22-11-13-5-4-6-15(9-13)28-12(2)20(26)27/h4-12H,3H2,1-2H3,(H,26,27)/t12-/m1/s1. The molecule has 0 saturated carbocycles. The minimum absolute atomic E-state index is 0.258. The van der Waals surface area contributed by atoms with Crippen molar-refractivity contribution in [1.82, 2.24) is 9.66 Å². The van der Waals surface area contributed by atoms with Crippen molar-refractivity contribution in [2.45, 2.75) is 26.4 Å². The van der Waals surface area contributed by atoms with Gasteiger partial charge in [0.05, 0.1) is 17.1 Å². The summed E-state index contributed by atoms with van der Waals surface area (Å²) in [5, 5.41) is 13.7. The number of benzene rings is 2. The second kappa shape index (κ2) is 8.35. The number of fused-ring (bicyclic) bond motifs is 1. The first-order valence-corrected chi connectivity index (χ1v) is 9.43. The largest absolute Gasteiger partial charge is 0.479 e. The monoisotopic (exact) mass is 443 g/mol. The van der Waals surface area contributed by atoms with Crippen molar-refractivity contribution < 1.29 is 14.6 Å². The Morgan fingerprint density at radius 3 is 2.86 bits per heavy atom. The molecule has 0 aliphatic heterocycles. The summed E-state index contributed by atoms with van der Waals surface area (Å²) < 4.78 is 7.43. The van der Waals surface area contributed by atoms with Gasteiger partial charge in [0.25, 0.3) is 5.56 Å². The van der Waals surface area contributed by atoms with Gasteiger partial charge in [-0.05, 0) is 42.8 Å². The van der Waals surface area contributed by atoms with Gasteiger partial charge in [-0.3, -0.25) is 4.79 Å². The van der Waals surface area contributed by atoms with Gasteiger partial charge in [-0.1, -0.05) is 35.0 Å². The third-order valence-corrected chi connectivity index (χ3v) is 4.53. The zero-order chi connectivity index (χ0) is 20.3. The molecule has 0 amide bonds. The van der Waals surface area contributed by atoms with Crippen LogP contribution in [0.1, 0.15) is 25.2 Å². The maximum Gasteiger partial charge on any atom is 0.344 e. The third-order valence-electron chi connectivity index (χ3n) is 4.03. The average molecular weight is 444 g/mol. The molecule has 0 spiro atoms. The molecule has 3 rings (SSSR count). The van der Waals surface area contributed by atoms with Crippen LogP contribution in [0.2, 0.25) is 0 Å². The lowest BCUT2D eigenvalue weighted by atomic mass is 10.2. The number of hydrogen-bond acceptors (Lipinski definition) is 5. The topological polar surface area (TPSA) is 93.8 Å². The minimum Gasteiger partial charge on any atom is -0.479 e. The predicted molar refractivity (Wildman–Crippen MR) is 110 cm³/mol. The summed E-state index contributed by atoms with van der Waals surface area (Å²) in [7, 11) is 0. The second-order valence-electron chi connectivity index (χ2n) is 6.08. The SMILES string of the molecule is CCc1nc2ccc(Br)cc2c(=O)n1N=Cc1cccc(O[C@H](C)C(=O)O)c1. The van der Waals surface area contributed by atoms with Crippen LogP contribution in [0.3, 0.4) is 0 Å². The highest BCUT2D eigenvalue weighted by molar-refractivity contribution is 9.10. The quantitative estimate of drug-likeness (QED) is 0.588. The number of aromatic nitrogens is 2. The molecule has 3 aromatic rings. The van der Waals surface area contributed by atoms with Crippen LogP contribution in [0.15, 0.2) is 56.8 Å². The lowest BCUT2D eigenvalue weighted by molar-refractivity contribution is -0.144. The van der Waals surface area contributed by atoms with Crippen molar-refractivity contribution in [1.29, 1.82) is 0 Å². The zero-order valence-corrected chi connectivity index (χ0v) is 16.9. The lowest BCUT2D eigenvalue weighted by Gasteiger charge is -2.10. The Morgan fingerprint density at radius 2 is 2.14 bits per heavy atom. The highest BCUT2D eigenvalue weighted by atomic mass is 79.9. The van der Waals surface area contributed by atoms with Crippen molar-refractivity contribution in [3.8, 4) is 5.75 Å². The Hall–Kier alpha value is -3.00. The fourth-order valence-electron chi connectivity index (χ4n) is 2.59. The Balaban J connectivity index is 1.98. The molecule has 0 aliphatic rings. The van der Waals surface area contributed by atoms with Gasteiger partial charge in [-0.15, -0.1) is 0 Å². The van der Waals surface area contributed by atoms with E-state index in [0.29, 0.717) is 34.5 Å². The predicted octanol–water partition coefficient (Wildman–Crippen LogP) is 3.46. The molecule has 2 aromatic carbocycles. The molecule has 0 aliphatic carbocycles. The Kier molecular flexibility index (Phi) is 5.89. The number of halogens is 1. The number of aliphatic carboxylic acids is 1. The van der Waals surface area contributed by atoms with Crippen molar-refractivity contribution in [2.75, 3.05) is 0 Å². The molecule has 0 fully saturated rings. The van der Waals surface area contributed by atoms with Gasteiger partial charge in [-0.25, -0.2) is 9.78 Å². The van der Waals surface area contributed by atoms with Crippen molar-refractivity contribution in [3.05, 3.63) is 68.7 Å². The van der Waals surface area contributed by atoms with Crippen LogP contribution >= 0.6 is 15.9 Å². The Morgan fingerprint density at radius 1 is 1.36 bits per heavy atom. The fourth-order valence-corrected chi connectivity index (χ4v) is 2.95. The number of aryl methyl sites for hydroxylation is 1. The maximum absolute atomic E-state index is 12.9. The van der Waals surface area contributed by atoms with Crippen LogP contribution in [-0.4, -0.2) is 33.1 Å². The number of nitrogens with zero attached hydrogens (tertiary/aromatic N) is 3. The first kappa shape index (κ1) is 19.8. The molecule has 1 aromatic heterocycles. The van der Waals surface area contributed by atoms with Crippen LogP contribution in [0.5, 0.6) is 5.75 Å². The summed E-state index contributed by atoms with van der Waals surface area (Å²) >= 11 is 3.37. The molecular formula is C20H18BrN3O4. The van der Waals surface area contributed by atoms with E-state index in [1.165, 1.54) is 17.8 Å². The molecule has 0 radical (unpaired) electrons. The molecule has 7 nitrogen and oxygen atoms in total. The van der Waals surface area contributed by atoms with Gasteiger partial charge in [0.1, 0.15) is 11.6 Å². The molecule has 28 heavy (non-hydrogen) atoms. The van der Waals surface area contributed by atoms with E-state index in [9.17, 15) is 9.59 Å². The first-order valence-electron chi connectivity index (χ1n) is 8.64. The maximum atomic E-state index is 12.9. The zero-order valence-electron chi connectivity index (χ0n) is 15.3. The summed E-state index contributed by atoms with van der Waals surface area (Å²) in [5.41, 5.74) is 1.03. The van der Waals surface area contributed by atoms with Crippen molar-refractivity contribution in [2.24, 2.45) is 5.10 Å². The molecule has 8 heteroatoms. The number of carboxylic acids is 1. The number of rotatable bonds is 6. The minimum atomic E-state index is -1.05. The van der Waals surface area contributed by atoms with Crippen LogP contribution in [-0.2, 0) is 11.2 Å². The van der Waals surface area contributed by atoms with E-state index < -0.39 is 12.1 Å². The molecule has 0 unspecified atom stereocenters. The van der Waals surface area contributed by atoms with Crippen molar-refractivity contribution >= 4 is 39.0 Å². The van der Waals surface area contributed by atoms with Crippen LogP contribution in [0, 0.1) is 0 Å². The fraction of sp³-hybridized carbons (Fsp3) is 0.200. The Labute approximate surface area is 169 Å². The third kappa shape index (κ3) is 4.28. The first-order chi connectivity index (χ1) is 13.4. The normalized spacial score (nSPS) is 12.4. The average Bonchev–Trinajstić information content (AvgIpc) is 2.67. The van der Waals surface area contributed by atoms with Gasteiger partial charge >= 0.3 is 5.97 Å². The van der Waals surface area contributed by atoms with Gasteiger partial charge < -0.3 is 9.84 Å². The van der Waals surface area contributed by atoms with E-state index in [2.05, 4.69) is 26.0 Å². The number of carbonyl (C=O) groups is 1. The van der Waals surface area contributed by atoms with E-state index in [4.69, 9.17) is 9.84 Å². The molecule has 0 saturated heterocycles. The molecule has 1 N–H and O–H groups in total. The Bertz CT molecular complexity index is 1120. The van der Waals surface area contributed by atoms with Gasteiger partial charge in [0, 0.05) is 10.9 Å². The highest BCUT2D eigenvalue weighted by Crippen LogP contribution is 2.17. The van der Waals surface area contributed by atoms with Gasteiger partial charge in [0.15, 0.2) is 6.10 Å². The molecule has 0 bridgehead atoms. The van der Waals surface area contributed by atoms with Crippen LogP contribution < -0.4 is 10.3 Å². The second-order valence-corrected chi connectivity index (χ2v) is 6.99. The molecular weight excluding hydrogens is 426 g/mol. The van der Waals surface area contributed by atoms with E-state index in [1.807, 2.05) is 13.0 Å². The number of carboxylic acid groups (broad SMARTS) is 1. The smallest absolute Gasteiger partial charge is 0.344 e. The van der Waals surface area contributed by atoms with E-state index in [-0.39, 0.29) is 5.56 Å². The summed E-state index contributed by atoms with van der Waals surface area (Å²) in [6, 6.07) is 12.2. The van der Waals surface area contributed by atoms with E-state index in [1.54, 1.807) is 36.4 Å². The van der Waals surface area contributed by atoms with Crippen LogP contribution in [0.4, 0.5) is 0 Å². The van der Waals surface area contributed by atoms with E-state index in [0.717, 1.165) is 4.47 Å². The van der Waals surface area contributed by atoms with Crippen molar-refractivity contribution in [3.63, 3.8) is 0 Å². The summed E-state index contributed by atoms with van der Waals surface area (Å²) in [4.78, 5) is 28.3. The lowest BCUT2D eigenvalue weighted by Crippen LogP contribution is -2.23. The molecule has 1 heterocycles. The van der Waals surface area contributed by atoms with E-state index >= 15 is 0 Å². The molecule has 144 valence electrons. The van der Waals surface area contributed by atoms with Gasteiger partial charge in [0.2, 0.25) is 0 Å². The van der Waals surface area contributed by atoms with Gasteiger partial charge in [-0.2, -0.15) is 9.78 Å². The molecule has 1 atom stereocenters.